The largest absolute Gasteiger partial charge is 0.481 e. The van der Waals surface area contributed by atoms with Crippen LogP contribution in [0.3, 0.4) is 0 Å². The van der Waals surface area contributed by atoms with Gasteiger partial charge in [-0.05, 0) is 12.1 Å². The summed E-state index contributed by atoms with van der Waals surface area (Å²) in [5.74, 6) is -1.62. The normalized spacial score (nSPS) is 17.8. The van der Waals surface area contributed by atoms with Gasteiger partial charge >= 0.3 is 11.7 Å². The molecule has 0 saturated carbocycles. The average molecular weight is 247 g/mol. The molecule has 1 aliphatic heterocycles. The first-order valence-electron chi connectivity index (χ1n) is 5.34. The first kappa shape index (κ1) is 10.6. The maximum absolute atomic E-state index is 11.8. The van der Waals surface area contributed by atoms with Crippen LogP contribution in [0.25, 0.3) is 11.0 Å². The summed E-state index contributed by atoms with van der Waals surface area (Å²) < 4.78 is 1.21. The molecule has 2 aromatic rings. The quantitative estimate of drug-likeness (QED) is 0.709. The third-order valence-corrected chi connectivity index (χ3v) is 2.98. The van der Waals surface area contributed by atoms with Crippen LogP contribution in [0.15, 0.2) is 23.0 Å². The summed E-state index contributed by atoms with van der Waals surface area (Å²) in [6, 6.07) is 4.06. The molecule has 1 unspecified atom stereocenters. The summed E-state index contributed by atoms with van der Waals surface area (Å²) >= 11 is 0. The van der Waals surface area contributed by atoms with Gasteiger partial charge in [-0.25, -0.2) is 4.79 Å². The number of aromatic amines is 1. The lowest BCUT2D eigenvalue weighted by Gasteiger charge is -2.22. The van der Waals surface area contributed by atoms with Crippen LogP contribution >= 0.6 is 0 Å². The number of amides is 1. The molecule has 0 fully saturated rings. The molecular formula is C11H9N3O4. The molecule has 1 aromatic carbocycles. The molecule has 1 aliphatic rings. The zero-order valence-electron chi connectivity index (χ0n) is 9.14. The van der Waals surface area contributed by atoms with E-state index in [4.69, 9.17) is 5.11 Å². The van der Waals surface area contributed by atoms with E-state index in [0.29, 0.717) is 16.7 Å². The number of imidazole rings is 1. The van der Waals surface area contributed by atoms with Crippen molar-refractivity contribution in [2.75, 3.05) is 5.32 Å². The molecule has 7 heteroatoms. The molecule has 3 rings (SSSR count). The Morgan fingerprint density at radius 2 is 2.17 bits per heavy atom. The first-order valence-corrected chi connectivity index (χ1v) is 5.34. The SMILES string of the molecule is O=C(O)CC1C(=O)Nc2cccc3[nH]c(=O)n1c23. The summed E-state index contributed by atoms with van der Waals surface area (Å²) in [5, 5.41) is 11.4. The van der Waals surface area contributed by atoms with E-state index in [-0.39, 0.29) is 0 Å². The highest BCUT2D eigenvalue weighted by Crippen LogP contribution is 2.30. The Hall–Kier alpha value is -2.57. The maximum atomic E-state index is 11.8. The smallest absolute Gasteiger partial charge is 0.327 e. The molecule has 18 heavy (non-hydrogen) atoms. The minimum absolute atomic E-state index is 0.424. The molecule has 0 spiro atoms. The second-order valence-electron chi connectivity index (χ2n) is 4.10. The zero-order chi connectivity index (χ0) is 12.9. The number of anilines is 1. The van der Waals surface area contributed by atoms with E-state index < -0.39 is 30.0 Å². The topological polar surface area (TPSA) is 104 Å². The molecule has 0 saturated heterocycles. The van der Waals surface area contributed by atoms with Gasteiger partial charge < -0.3 is 15.4 Å². The van der Waals surface area contributed by atoms with E-state index in [2.05, 4.69) is 10.3 Å². The number of nitrogens with zero attached hydrogens (tertiary/aromatic N) is 1. The van der Waals surface area contributed by atoms with Crippen LogP contribution in [-0.4, -0.2) is 26.5 Å². The molecule has 1 amide bonds. The Kier molecular flexibility index (Phi) is 2.03. The number of aliphatic carboxylic acids is 1. The third kappa shape index (κ3) is 1.33. The number of carboxylic acid groups (broad SMARTS) is 1. The van der Waals surface area contributed by atoms with Crippen molar-refractivity contribution in [1.82, 2.24) is 9.55 Å². The Morgan fingerprint density at radius 3 is 2.89 bits per heavy atom. The lowest BCUT2D eigenvalue weighted by Crippen LogP contribution is -2.36. The van der Waals surface area contributed by atoms with Gasteiger partial charge in [-0.3, -0.25) is 14.2 Å². The van der Waals surface area contributed by atoms with E-state index >= 15 is 0 Å². The number of hydrogen-bond donors (Lipinski definition) is 3. The van der Waals surface area contributed by atoms with Crippen molar-refractivity contribution in [1.29, 1.82) is 0 Å². The Balaban J connectivity index is 2.31. The number of benzene rings is 1. The van der Waals surface area contributed by atoms with Crippen LogP contribution in [0, 0.1) is 0 Å². The van der Waals surface area contributed by atoms with Crippen molar-refractivity contribution in [2.45, 2.75) is 12.5 Å². The summed E-state index contributed by atoms with van der Waals surface area (Å²) in [5.41, 5.74) is 1.15. The van der Waals surface area contributed by atoms with E-state index in [1.165, 1.54) is 4.57 Å². The van der Waals surface area contributed by atoms with Gasteiger partial charge in [0.1, 0.15) is 6.04 Å². The fourth-order valence-electron chi connectivity index (χ4n) is 2.26. The third-order valence-electron chi connectivity index (χ3n) is 2.98. The number of aromatic nitrogens is 2. The monoisotopic (exact) mass is 247 g/mol. The number of H-pyrrole nitrogens is 1. The predicted molar refractivity (Wildman–Crippen MR) is 62.5 cm³/mol. The van der Waals surface area contributed by atoms with Crippen molar-refractivity contribution in [3.8, 4) is 0 Å². The van der Waals surface area contributed by atoms with Crippen LogP contribution in [0.5, 0.6) is 0 Å². The standard InChI is InChI=1S/C11H9N3O4/c15-8(16)4-7-10(17)12-5-2-1-3-6-9(5)14(7)11(18)13-6/h1-3,7H,4H2,(H,12,17)(H,13,18)(H,15,16). The molecule has 7 nitrogen and oxygen atoms in total. The Morgan fingerprint density at radius 1 is 1.39 bits per heavy atom. The molecule has 92 valence electrons. The minimum atomic E-state index is -1.13. The highest BCUT2D eigenvalue weighted by atomic mass is 16.4. The fourth-order valence-corrected chi connectivity index (χ4v) is 2.26. The zero-order valence-corrected chi connectivity index (χ0v) is 9.14. The van der Waals surface area contributed by atoms with Crippen LogP contribution in [-0.2, 0) is 9.59 Å². The number of rotatable bonds is 2. The second-order valence-corrected chi connectivity index (χ2v) is 4.10. The highest BCUT2D eigenvalue weighted by molar-refractivity contribution is 6.06. The average Bonchev–Trinajstić information content (AvgIpc) is 2.62. The van der Waals surface area contributed by atoms with Crippen LogP contribution in [0.2, 0.25) is 0 Å². The van der Waals surface area contributed by atoms with Gasteiger partial charge in [-0.2, -0.15) is 0 Å². The number of para-hydroxylation sites is 1. The molecule has 0 radical (unpaired) electrons. The van der Waals surface area contributed by atoms with Crippen molar-refractivity contribution in [3.63, 3.8) is 0 Å². The molecule has 1 atom stereocenters. The maximum Gasteiger partial charge on any atom is 0.327 e. The van der Waals surface area contributed by atoms with E-state index in [1.807, 2.05) is 0 Å². The minimum Gasteiger partial charge on any atom is -0.481 e. The van der Waals surface area contributed by atoms with E-state index in [9.17, 15) is 14.4 Å². The van der Waals surface area contributed by atoms with Gasteiger partial charge in [0.15, 0.2) is 0 Å². The van der Waals surface area contributed by atoms with Gasteiger partial charge in [0.25, 0.3) is 0 Å². The molecule has 0 bridgehead atoms. The van der Waals surface area contributed by atoms with Crippen molar-refractivity contribution < 1.29 is 14.7 Å². The molecular weight excluding hydrogens is 238 g/mol. The van der Waals surface area contributed by atoms with Crippen LogP contribution in [0.4, 0.5) is 5.69 Å². The molecule has 3 N–H and O–H groups in total. The highest BCUT2D eigenvalue weighted by Gasteiger charge is 2.32. The number of carboxylic acids is 1. The Bertz CT molecular complexity index is 727. The summed E-state index contributed by atoms with van der Waals surface area (Å²) in [6.45, 7) is 0. The van der Waals surface area contributed by atoms with Gasteiger partial charge in [-0.1, -0.05) is 6.07 Å². The summed E-state index contributed by atoms with van der Waals surface area (Å²) in [4.78, 5) is 37.0. The van der Waals surface area contributed by atoms with Crippen LogP contribution in [0.1, 0.15) is 12.5 Å². The summed E-state index contributed by atoms with van der Waals surface area (Å²) in [6.07, 6.45) is -0.424. The second kappa shape index (κ2) is 3.46. The molecule has 1 aromatic heterocycles. The lowest BCUT2D eigenvalue weighted by molar-refractivity contribution is -0.139. The summed E-state index contributed by atoms with van der Waals surface area (Å²) in [7, 11) is 0. The van der Waals surface area contributed by atoms with E-state index in [1.54, 1.807) is 18.2 Å². The molecule has 0 aliphatic carbocycles. The number of hydrogen-bond acceptors (Lipinski definition) is 3. The van der Waals surface area contributed by atoms with Gasteiger partial charge in [0.2, 0.25) is 5.91 Å². The lowest BCUT2D eigenvalue weighted by atomic mass is 10.1. The van der Waals surface area contributed by atoms with Crippen LogP contribution < -0.4 is 11.0 Å². The number of carbonyl (C=O) groups excluding carboxylic acids is 1. The number of nitrogens with one attached hydrogen (secondary N) is 2. The van der Waals surface area contributed by atoms with Crippen molar-refractivity contribution in [3.05, 3.63) is 28.7 Å². The first-order chi connectivity index (χ1) is 8.58. The predicted octanol–water partition coefficient (Wildman–Crippen LogP) is 0.297. The molecule has 2 heterocycles. The van der Waals surface area contributed by atoms with Gasteiger partial charge in [-0.15, -0.1) is 0 Å². The fraction of sp³-hybridized carbons (Fsp3) is 0.182. The van der Waals surface area contributed by atoms with Gasteiger partial charge in [0, 0.05) is 0 Å². The van der Waals surface area contributed by atoms with Crippen molar-refractivity contribution in [2.24, 2.45) is 0 Å². The Labute approximate surface area is 100 Å². The number of carbonyl (C=O) groups is 2. The van der Waals surface area contributed by atoms with E-state index in [0.717, 1.165) is 0 Å². The van der Waals surface area contributed by atoms with Gasteiger partial charge in [0.05, 0.1) is 23.1 Å². The van der Waals surface area contributed by atoms with Crippen molar-refractivity contribution >= 4 is 28.6 Å².